The molecule has 0 radical (unpaired) electrons. The first-order valence-electron chi connectivity index (χ1n) is 5.94. The molecule has 1 aromatic rings. The maximum atomic E-state index is 12.0. The van der Waals surface area contributed by atoms with Crippen molar-refractivity contribution in [3.05, 3.63) is 29.8 Å². The first-order valence-corrected chi connectivity index (χ1v) is 7.59. The molecule has 4 N–H and O–H groups in total. The van der Waals surface area contributed by atoms with Gasteiger partial charge in [0.05, 0.1) is 22.8 Å². The van der Waals surface area contributed by atoms with Crippen LogP contribution in [0, 0.1) is 0 Å². The molecule has 0 aromatic heterocycles. The summed E-state index contributed by atoms with van der Waals surface area (Å²) in [6.07, 6.45) is 0.433. The van der Waals surface area contributed by atoms with E-state index in [0.717, 1.165) is 0 Å². The molecule has 0 saturated carbocycles. The Morgan fingerprint density at radius 1 is 1.39 bits per heavy atom. The molecule has 18 heavy (non-hydrogen) atoms. The molecule has 5 nitrogen and oxygen atoms in total. The van der Waals surface area contributed by atoms with E-state index in [9.17, 15) is 8.42 Å². The summed E-state index contributed by atoms with van der Waals surface area (Å²) in [6, 6.07) is 6.94. The maximum absolute atomic E-state index is 12.0. The van der Waals surface area contributed by atoms with Crippen LogP contribution < -0.4 is 11.1 Å². The average molecular weight is 270 g/mol. The minimum absolute atomic E-state index is 0.00331. The van der Waals surface area contributed by atoms with Crippen LogP contribution >= 0.6 is 0 Å². The molecule has 0 saturated heterocycles. The van der Waals surface area contributed by atoms with Crippen LogP contribution in [0.15, 0.2) is 29.2 Å². The summed E-state index contributed by atoms with van der Waals surface area (Å²) in [4.78, 5) is 0.354. The van der Waals surface area contributed by atoms with Crippen LogP contribution in [-0.4, -0.2) is 39.0 Å². The molecule has 0 bridgehead atoms. The zero-order valence-electron chi connectivity index (χ0n) is 10.1. The lowest BCUT2D eigenvalue weighted by atomic mass is 9.86. The van der Waals surface area contributed by atoms with Gasteiger partial charge in [-0.15, -0.1) is 0 Å². The Kier molecular flexibility index (Phi) is 3.72. The maximum Gasteiger partial charge on any atom is 0.178 e. The van der Waals surface area contributed by atoms with Gasteiger partial charge in [-0.3, -0.25) is 0 Å². The molecule has 0 spiro atoms. The Labute approximate surface area is 107 Å². The van der Waals surface area contributed by atoms with Crippen LogP contribution in [-0.2, 0) is 15.4 Å². The number of sulfone groups is 1. The summed E-state index contributed by atoms with van der Waals surface area (Å²) in [5, 5.41) is 12.1. The Hall–Kier alpha value is -0.950. The van der Waals surface area contributed by atoms with Crippen molar-refractivity contribution in [3.8, 4) is 0 Å². The molecule has 100 valence electrons. The van der Waals surface area contributed by atoms with Crippen LogP contribution in [0.25, 0.3) is 0 Å². The highest BCUT2D eigenvalue weighted by molar-refractivity contribution is 7.91. The highest BCUT2D eigenvalue weighted by Crippen LogP contribution is 2.36. The van der Waals surface area contributed by atoms with Crippen molar-refractivity contribution in [2.24, 2.45) is 5.73 Å². The number of fused-ring (bicyclic) bond motifs is 1. The molecule has 0 aliphatic carbocycles. The second-order valence-electron chi connectivity index (χ2n) is 4.50. The molecule has 0 amide bonds. The van der Waals surface area contributed by atoms with Crippen molar-refractivity contribution < 1.29 is 13.5 Å². The number of hydrogen-bond acceptors (Lipinski definition) is 5. The number of benzene rings is 1. The largest absolute Gasteiger partial charge is 0.395 e. The lowest BCUT2D eigenvalue weighted by molar-refractivity contribution is 0.246. The Morgan fingerprint density at radius 3 is 2.78 bits per heavy atom. The normalized spacial score (nSPS) is 25.7. The molecule has 1 aromatic carbocycles. The molecule has 1 aliphatic rings. The van der Waals surface area contributed by atoms with Crippen molar-refractivity contribution in [2.75, 3.05) is 25.4 Å². The van der Waals surface area contributed by atoms with E-state index < -0.39 is 15.4 Å². The number of nitrogens with two attached hydrogens (primary N) is 1. The first-order chi connectivity index (χ1) is 8.56. The summed E-state index contributed by atoms with van der Waals surface area (Å²) in [6.45, 7) is 0.696. The SMILES string of the molecule is NCC1(NCCO)CCS(=O)(=O)c2ccccc21. The summed E-state index contributed by atoms with van der Waals surface area (Å²) in [5.41, 5.74) is 6.01. The summed E-state index contributed by atoms with van der Waals surface area (Å²) < 4.78 is 24.1. The number of aliphatic hydroxyl groups excluding tert-OH is 1. The minimum atomic E-state index is -3.21. The van der Waals surface area contributed by atoms with Gasteiger partial charge in [0.2, 0.25) is 0 Å². The van der Waals surface area contributed by atoms with Gasteiger partial charge in [0.25, 0.3) is 0 Å². The second-order valence-corrected chi connectivity index (χ2v) is 6.58. The summed E-state index contributed by atoms with van der Waals surface area (Å²) in [7, 11) is -3.21. The van der Waals surface area contributed by atoms with Crippen molar-refractivity contribution in [3.63, 3.8) is 0 Å². The van der Waals surface area contributed by atoms with Crippen LogP contribution in [0.4, 0.5) is 0 Å². The molecular formula is C12H18N2O3S. The van der Waals surface area contributed by atoms with Gasteiger partial charge in [-0.25, -0.2) is 8.42 Å². The fourth-order valence-corrected chi connectivity index (χ4v) is 4.17. The Balaban J connectivity index is 2.52. The fraction of sp³-hybridized carbons (Fsp3) is 0.500. The molecule has 2 rings (SSSR count). The van der Waals surface area contributed by atoms with E-state index in [-0.39, 0.29) is 12.4 Å². The van der Waals surface area contributed by atoms with Gasteiger partial charge in [-0.2, -0.15) is 0 Å². The standard InChI is InChI=1S/C12H18N2O3S/c13-9-12(14-6-7-15)5-8-18(16,17)11-4-2-1-3-10(11)12/h1-4,14-15H,5-9,13H2. The van der Waals surface area contributed by atoms with Gasteiger partial charge < -0.3 is 16.2 Å². The van der Waals surface area contributed by atoms with Crippen molar-refractivity contribution in [1.82, 2.24) is 5.32 Å². The van der Waals surface area contributed by atoms with Crippen LogP contribution in [0.3, 0.4) is 0 Å². The van der Waals surface area contributed by atoms with Gasteiger partial charge >= 0.3 is 0 Å². The quantitative estimate of drug-likeness (QED) is 0.692. The molecule has 1 aliphatic heterocycles. The van der Waals surface area contributed by atoms with E-state index in [2.05, 4.69) is 5.32 Å². The Bertz CT molecular complexity index is 530. The molecule has 0 fully saturated rings. The average Bonchev–Trinajstić information content (AvgIpc) is 2.39. The second kappa shape index (κ2) is 4.97. The van der Waals surface area contributed by atoms with Gasteiger partial charge in [0, 0.05) is 13.1 Å². The predicted molar refractivity (Wildman–Crippen MR) is 68.9 cm³/mol. The smallest absolute Gasteiger partial charge is 0.178 e. The summed E-state index contributed by atoms with van der Waals surface area (Å²) >= 11 is 0. The number of nitrogens with one attached hydrogen (secondary N) is 1. The third-order valence-electron chi connectivity index (χ3n) is 3.46. The highest BCUT2D eigenvalue weighted by Gasteiger charge is 2.40. The molecule has 1 unspecified atom stereocenters. The van der Waals surface area contributed by atoms with Crippen LogP contribution in [0.5, 0.6) is 0 Å². The summed E-state index contributed by atoms with van der Waals surface area (Å²) in [5.74, 6) is 0.0830. The van der Waals surface area contributed by atoms with Gasteiger partial charge in [-0.1, -0.05) is 18.2 Å². The minimum Gasteiger partial charge on any atom is -0.395 e. The zero-order valence-corrected chi connectivity index (χ0v) is 10.9. The topological polar surface area (TPSA) is 92.4 Å². The number of rotatable bonds is 4. The fourth-order valence-electron chi connectivity index (χ4n) is 2.45. The van der Waals surface area contributed by atoms with E-state index in [0.29, 0.717) is 30.0 Å². The van der Waals surface area contributed by atoms with E-state index in [4.69, 9.17) is 10.8 Å². The first kappa shape index (κ1) is 13.5. The Morgan fingerprint density at radius 2 is 2.11 bits per heavy atom. The monoisotopic (exact) mass is 270 g/mol. The number of hydrogen-bond donors (Lipinski definition) is 3. The molecular weight excluding hydrogens is 252 g/mol. The zero-order chi connectivity index (χ0) is 13.2. The van der Waals surface area contributed by atoms with Crippen LogP contribution in [0.2, 0.25) is 0 Å². The van der Waals surface area contributed by atoms with E-state index >= 15 is 0 Å². The molecule has 6 heteroatoms. The van der Waals surface area contributed by atoms with Gasteiger partial charge in [0.1, 0.15) is 0 Å². The highest BCUT2D eigenvalue weighted by atomic mass is 32.2. The van der Waals surface area contributed by atoms with Gasteiger partial charge in [0.15, 0.2) is 9.84 Å². The molecule has 1 atom stereocenters. The van der Waals surface area contributed by atoms with Crippen molar-refractivity contribution >= 4 is 9.84 Å². The van der Waals surface area contributed by atoms with Crippen LogP contribution in [0.1, 0.15) is 12.0 Å². The predicted octanol–water partition coefficient (Wildman–Crippen LogP) is -0.400. The third kappa shape index (κ3) is 2.16. The molecule has 1 heterocycles. The van der Waals surface area contributed by atoms with E-state index in [1.165, 1.54) is 0 Å². The van der Waals surface area contributed by atoms with Gasteiger partial charge in [-0.05, 0) is 18.1 Å². The van der Waals surface area contributed by atoms with E-state index in [1.54, 1.807) is 18.2 Å². The lowest BCUT2D eigenvalue weighted by Crippen LogP contribution is -2.53. The third-order valence-corrected chi connectivity index (χ3v) is 5.23. The van der Waals surface area contributed by atoms with Crippen molar-refractivity contribution in [1.29, 1.82) is 0 Å². The lowest BCUT2D eigenvalue weighted by Gasteiger charge is -2.38. The van der Waals surface area contributed by atoms with Crippen molar-refractivity contribution in [2.45, 2.75) is 16.9 Å². The van der Waals surface area contributed by atoms with E-state index in [1.807, 2.05) is 6.07 Å². The number of aliphatic hydroxyl groups is 1.